The van der Waals surface area contributed by atoms with Crippen LogP contribution in [0.5, 0.6) is 0 Å². The molecule has 1 rings (SSSR count). The van der Waals surface area contributed by atoms with E-state index in [1.807, 2.05) is 0 Å². The lowest BCUT2D eigenvalue weighted by Gasteiger charge is -2.41. The van der Waals surface area contributed by atoms with Crippen LogP contribution in [0.3, 0.4) is 0 Å². The number of alkyl halides is 3. The summed E-state index contributed by atoms with van der Waals surface area (Å²) in [6.45, 7) is 4.77. The van der Waals surface area contributed by atoms with Crippen molar-refractivity contribution in [1.29, 1.82) is 0 Å². The van der Waals surface area contributed by atoms with Gasteiger partial charge in [-0.15, -0.1) is 0 Å². The van der Waals surface area contributed by atoms with Crippen molar-refractivity contribution in [3.8, 4) is 0 Å². The third-order valence-corrected chi connectivity index (χ3v) is 2.64. The first-order valence-electron chi connectivity index (χ1n) is 5.59. The van der Waals surface area contributed by atoms with E-state index in [9.17, 15) is 22.8 Å². The molecule has 1 saturated carbocycles. The van der Waals surface area contributed by atoms with E-state index >= 15 is 0 Å². The van der Waals surface area contributed by atoms with Crippen molar-refractivity contribution in [3.63, 3.8) is 0 Å². The van der Waals surface area contributed by atoms with E-state index in [0.29, 0.717) is 6.42 Å². The lowest BCUT2D eigenvalue weighted by molar-refractivity contribution is -0.181. The van der Waals surface area contributed by atoms with E-state index in [0.717, 1.165) is 0 Å². The highest BCUT2D eigenvalue weighted by molar-refractivity contribution is 5.96. The Kier molecular flexibility index (Phi) is 3.65. The maximum atomic E-state index is 12.4. The lowest BCUT2D eigenvalue weighted by Crippen LogP contribution is -2.63. The molecule has 0 aromatic carbocycles. The maximum Gasteiger partial charge on any atom is 0.452 e. The van der Waals surface area contributed by atoms with E-state index < -0.39 is 29.2 Å². The van der Waals surface area contributed by atoms with E-state index in [1.165, 1.54) is 0 Å². The molecule has 0 aliphatic heterocycles. The van der Waals surface area contributed by atoms with Gasteiger partial charge in [0.25, 0.3) is 5.78 Å². The van der Waals surface area contributed by atoms with Gasteiger partial charge in [0.1, 0.15) is 11.1 Å². The Labute approximate surface area is 103 Å². The fraction of sp³-hybridized carbons (Fsp3) is 0.818. The summed E-state index contributed by atoms with van der Waals surface area (Å²) >= 11 is 0. The molecule has 1 N–H and O–H groups in total. The Morgan fingerprint density at radius 3 is 1.94 bits per heavy atom. The molecule has 0 aromatic heterocycles. The Morgan fingerprint density at radius 1 is 1.17 bits per heavy atom. The summed E-state index contributed by atoms with van der Waals surface area (Å²) in [7, 11) is 0. The molecule has 0 heterocycles. The topological polar surface area (TPSA) is 55.4 Å². The van der Waals surface area contributed by atoms with Crippen molar-refractivity contribution in [2.75, 3.05) is 0 Å². The summed E-state index contributed by atoms with van der Waals surface area (Å²) in [4.78, 5) is 22.7. The molecule has 1 amide bonds. The highest BCUT2D eigenvalue weighted by Crippen LogP contribution is 2.38. The van der Waals surface area contributed by atoms with Crippen LogP contribution in [0, 0.1) is 0 Å². The quantitative estimate of drug-likeness (QED) is 0.836. The number of amides is 1. The smallest absolute Gasteiger partial charge is 0.444 e. The predicted octanol–water partition coefficient (Wildman–Crippen LogP) is 2.57. The summed E-state index contributed by atoms with van der Waals surface area (Å²) in [5, 5.41) is 2.06. The van der Waals surface area contributed by atoms with E-state index in [2.05, 4.69) is 5.32 Å². The molecule has 1 aliphatic carbocycles. The van der Waals surface area contributed by atoms with Gasteiger partial charge in [0.05, 0.1) is 0 Å². The third kappa shape index (κ3) is 3.36. The zero-order valence-electron chi connectivity index (χ0n) is 10.5. The van der Waals surface area contributed by atoms with Crippen LogP contribution in [0.1, 0.15) is 40.0 Å². The average molecular weight is 267 g/mol. The summed E-state index contributed by atoms with van der Waals surface area (Å²) in [6, 6.07) is 0. The molecular weight excluding hydrogens is 251 g/mol. The molecule has 1 fully saturated rings. The van der Waals surface area contributed by atoms with Crippen LogP contribution in [0.2, 0.25) is 0 Å². The summed E-state index contributed by atoms with van der Waals surface area (Å²) in [6.07, 6.45) is -5.50. The molecule has 7 heteroatoms. The minimum absolute atomic E-state index is 0.00934. The normalized spacial score (nSPS) is 18.8. The molecular formula is C11H16F3NO3. The van der Waals surface area contributed by atoms with Crippen molar-refractivity contribution < 1.29 is 27.5 Å². The zero-order valence-corrected chi connectivity index (χ0v) is 10.5. The maximum absolute atomic E-state index is 12.4. The van der Waals surface area contributed by atoms with Crippen LogP contribution in [0.4, 0.5) is 18.0 Å². The Hall–Kier alpha value is -1.27. The minimum atomic E-state index is -4.95. The van der Waals surface area contributed by atoms with Crippen LogP contribution in [0.15, 0.2) is 0 Å². The number of carbonyl (C=O) groups is 2. The second-order valence-corrected chi connectivity index (χ2v) is 5.39. The highest BCUT2D eigenvalue weighted by Gasteiger charge is 2.57. The van der Waals surface area contributed by atoms with Crippen molar-refractivity contribution >= 4 is 11.9 Å². The van der Waals surface area contributed by atoms with Gasteiger partial charge in [-0.05, 0) is 40.0 Å². The molecule has 0 unspecified atom stereocenters. The molecule has 0 radical (unpaired) electrons. The van der Waals surface area contributed by atoms with Gasteiger partial charge in [-0.2, -0.15) is 13.2 Å². The van der Waals surface area contributed by atoms with Crippen LogP contribution in [0.25, 0.3) is 0 Å². The first-order valence-corrected chi connectivity index (χ1v) is 5.59. The second-order valence-electron chi connectivity index (χ2n) is 5.39. The number of carbonyl (C=O) groups excluding carboxylic acids is 2. The van der Waals surface area contributed by atoms with Gasteiger partial charge in [0.2, 0.25) is 0 Å². The Morgan fingerprint density at radius 2 is 1.67 bits per heavy atom. The fourth-order valence-corrected chi connectivity index (χ4v) is 1.71. The van der Waals surface area contributed by atoms with Gasteiger partial charge in [0, 0.05) is 0 Å². The van der Waals surface area contributed by atoms with Crippen molar-refractivity contribution in [3.05, 3.63) is 0 Å². The van der Waals surface area contributed by atoms with Crippen LogP contribution >= 0.6 is 0 Å². The molecule has 18 heavy (non-hydrogen) atoms. The highest BCUT2D eigenvalue weighted by atomic mass is 19.4. The Bertz CT molecular complexity index is 354. The van der Waals surface area contributed by atoms with E-state index in [4.69, 9.17) is 4.74 Å². The van der Waals surface area contributed by atoms with Gasteiger partial charge in [0.15, 0.2) is 0 Å². The van der Waals surface area contributed by atoms with E-state index in [-0.39, 0.29) is 12.8 Å². The van der Waals surface area contributed by atoms with Crippen molar-refractivity contribution in [1.82, 2.24) is 5.32 Å². The summed E-state index contributed by atoms with van der Waals surface area (Å²) in [5.74, 6) is -1.91. The Balaban J connectivity index is 2.73. The van der Waals surface area contributed by atoms with E-state index in [1.54, 1.807) is 20.8 Å². The number of halogens is 3. The largest absolute Gasteiger partial charge is 0.452 e. The fourth-order valence-electron chi connectivity index (χ4n) is 1.71. The molecule has 0 saturated heterocycles. The van der Waals surface area contributed by atoms with Crippen LogP contribution in [-0.2, 0) is 9.53 Å². The monoisotopic (exact) mass is 267 g/mol. The first kappa shape index (κ1) is 14.8. The molecule has 0 spiro atoms. The summed E-state index contributed by atoms with van der Waals surface area (Å²) < 4.78 is 42.1. The van der Waals surface area contributed by atoms with Crippen LogP contribution < -0.4 is 5.32 Å². The SMILES string of the molecule is CC(C)(C)OC(=O)NC1(C(=O)C(F)(F)F)CCC1. The summed E-state index contributed by atoms with van der Waals surface area (Å²) in [5.41, 5.74) is -2.66. The van der Waals surface area contributed by atoms with Gasteiger partial charge < -0.3 is 10.1 Å². The molecule has 0 aromatic rings. The molecule has 0 bridgehead atoms. The third-order valence-electron chi connectivity index (χ3n) is 2.64. The number of nitrogens with one attached hydrogen (secondary N) is 1. The predicted molar refractivity (Wildman–Crippen MR) is 57.0 cm³/mol. The number of hydrogen-bond donors (Lipinski definition) is 1. The molecule has 0 atom stereocenters. The molecule has 1 aliphatic rings. The number of ether oxygens (including phenoxy) is 1. The first-order chi connectivity index (χ1) is 7.96. The number of rotatable bonds is 2. The van der Waals surface area contributed by atoms with Gasteiger partial charge in [-0.1, -0.05) is 0 Å². The number of Topliss-reactive ketones (excluding diaryl/α,β-unsaturated/α-hetero) is 1. The number of hydrogen-bond acceptors (Lipinski definition) is 3. The average Bonchev–Trinajstić information content (AvgIpc) is 2.05. The van der Waals surface area contributed by atoms with Gasteiger partial charge in [-0.25, -0.2) is 4.79 Å². The number of alkyl carbamates (subject to hydrolysis) is 1. The van der Waals surface area contributed by atoms with Crippen LogP contribution in [-0.4, -0.2) is 29.2 Å². The van der Waals surface area contributed by atoms with Gasteiger partial charge >= 0.3 is 12.3 Å². The molecule has 104 valence electrons. The molecule has 4 nitrogen and oxygen atoms in total. The standard InChI is InChI=1S/C11H16F3NO3/c1-9(2,3)18-8(17)15-10(5-4-6-10)7(16)11(12,13)14/h4-6H2,1-3H3,(H,15,17). The van der Waals surface area contributed by atoms with Crippen molar-refractivity contribution in [2.45, 2.75) is 57.3 Å². The number of ketones is 1. The lowest BCUT2D eigenvalue weighted by atomic mass is 9.73. The van der Waals surface area contributed by atoms with Gasteiger partial charge in [-0.3, -0.25) is 4.79 Å². The minimum Gasteiger partial charge on any atom is -0.444 e. The zero-order chi connectivity index (χ0) is 14.2. The second kappa shape index (κ2) is 4.44. The van der Waals surface area contributed by atoms with Crippen molar-refractivity contribution in [2.24, 2.45) is 0 Å².